The van der Waals surface area contributed by atoms with E-state index in [1.165, 1.54) is 74.1 Å². The van der Waals surface area contributed by atoms with Crippen LogP contribution in [0.15, 0.2) is 48.5 Å². The van der Waals surface area contributed by atoms with Crippen molar-refractivity contribution in [3.63, 3.8) is 0 Å². The first-order valence-electron chi connectivity index (χ1n) is 13.9. The lowest BCUT2D eigenvalue weighted by molar-refractivity contribution is 0.158. The second-order valence-electron chi connectivity index (χ2n) is 11.1. The number of aryl methyl sites for hydroxylation is 1. The number of rotatable bonds is 8. The highest BCUT2D eigenvalue weighted by Gasteiger charge is 2.32. The minimum atomic E-state index is 0.200. The van der Waals surface area contributed by atoms with Crippen molar-refractivity contribution in [2.24, 2.45) is 17.8 Å². The summed E-state index contributed by atoms with van der Waals surface area (Å²) in [5, 5.41) is 0. The lowest BCUT2D eigenvalue weighted by atomic mass is 9.68. The fraction of sp³-hybridized carbons (Fsp3) is 0.613. The van der Waals surface area contributed by atoms with Crippen LogP contribution in [0.3, 0.4) is 0 Å². The van der Waals surface area contributed by atoms with Gasteiger partial charge in [-0.1, -0.05) is 100 Å². The van der Waals surface area contributed by atoms with Gasteiger partial charge in [0.2, 0.25) is 0 Å². The molecule has 1 atom stereocenters. The number of hydrogen-bond acceptors (Lipinski definition) is 0. The molecule has 2 aliphatic rings. The summed E-state index contributed by atoms with van der Waals surface area (Å²) < 4.78 is 0. The van der Waals surface area contributed by atoms with E-state index >= 15 is 0 Å². The van der Waals surface area contributed by atoms with E-state index in [2.05, 4.69) is 69.3 Å². The molecule has 0 aromatic heterocycles. The third kappa shape index (κ3) is 5.96. The molecule has 2 aromatic rings. The van der Waals surface area contributed by atoms with Gasteiger partial charge in [0.15, 0.2) is 0 Å². The summed E-state index contributed by atoms with van der Waals surface area (Å²) in [5.74, 6) is 3.93. The number of hydrogen-bond donors (Lipinski definition) is 0. The first-order chi connectivity index (χ1) is 15.7. The van der Waals surface area contributed by atoms with Gasteiger partial charge in [-0.2, -0.15) is 0 Å². The quantitative estimate of drug-likeness (QED) is 0.355. The maximum Gasteiger partial charge on any atom is 0.0229 e. The second kappa shape index (κ2) is 11.7. The van der Waals surface area contributed by atoms with Crippen LogP contribution in [0.2, 0.25) is 11.6 Å². The summed E-state index contributed by atoms with van der Waals surface area (Å²) in [6, 6.07) is 20.3. The van der Waals surface area contributed by atoms with Crippen LogP contribution in [-0.4, -0.2) is 9.52 Å². The predicted molar refractivity (Wildman–Crippen MR) is 144 cm³/mol. The predicted octanol–water partition coefficient (Wildman–Crippen LogP) is 8.80. The molecule has 174 valence electrons. The topological polar surface area (TPSA) is 0 Å². The molecule has 0 bridgehead atoms. The Balaban J connectivity index is 1.26. The molecule has 2 saturated carbocycles. The molecule has 2 aliphatic carbocycles. The van der Waals surface area contributed by atoms with Gasteiger partial charge in [0.05, 0.1) is 0 Å². The van der Waals surface area contributed by atoms with Crippen LogP contribution in [-0.2, 0) is 6.42 Å². The van der Waals surface area contributed by atoms with Gasteiger partial charge in [-0.25, -0.2) is 0 Å². The van der Waals surface area contributed by atoms with Crippen LogP contribution in [0.5, 0.6) is 0 Å². The van der Waals surface area contributed by atoms with E-state index in [1.807, 2.05) is 0 Å². The van der Waals surface area contributed by atoms with Gasteiger partial charge in [-0.05, 0) is 90.9 Å². The van der Waals surface area contributed by atoms with Crippen LogP contribution in [0, 0.1) is 17.8 Å². The van der Waals surface area contributed by atoms with Crippen LogP contribution < -0.4 is 0 Å². The normalized spacial score (nSPS) is 27.6. The van der Waals surface area contributed by atoms with Gasteiger partial charge in [-0.3, -0.25) is 0 Å². The lowest BCUT2D eigenvalue weighted by Crippen LogP contribution is -2.27. The summed E-state index contributed by atoms with van der Waals surface area (Å²) in [4.78, 5) is 0. The monoisotopic (exact) mass is 446 g/mol. The Bertz CT molecular complexity index is 789. The van der Waals surface area contributed by atoms with E-state index in [9.17, 15) is 0 Å². The molecule has 0 radical (unpaired) electrons. The SMILES string of the molecule is CCCc1ccc(-c2ccc(C3CCC([C@H]4CC[C@H](C(C)[SiH2]CC)CC4)CC3)cc2)cc1. The van der Waals surface area contributed by atoms with Gasteiger partial charge in [-0.15, -0.1) is 0 Å². The van der Waals surface area contributed by atoms with Crippen molar-refractivity contribution in [1.29, 1.82) is 0 Å². The van der Waals surface area contributed by atoms with Crippen LogP contribution in [0.1, 0.15) is 95.6 Å². The molecular formula is C31H46Si. The van der Waals surface area contributed by atoms with Crippen LogP contribution in [0.25, 0.3) is 11.1 Å². The highest BCUT2D eigenvalue weighted by molar-refractivity contribution is 6.37. The summed E-state index contributed by atoms with van der Waals surface area (Å²) in [5.41, 5.74) is 6.84. The largest absolute Gasteiger partial charge is 0.0683 e. The Morgan fingerprint density at radius 3 is 1.78 bits per heavy atom. The molecule has 0 nitrogen and oxygen atoms in total. The Kier molecular flexibility index (Phi) is 8.69. The summed E-state index contributed by atoms with van der Waals surface area (Å²) >= 11 is 0. The average Bonchev–Trinajstić information content (AvgIpc) is 2.85. The molecule has 2 fully saturated rings. The molecular weight excluding hydrogens is 400 g/mol. The van der Waals surface area contributed by atoms with Crippen molar-refractivity contribution in [2.45, 2.75) is 102 Å². The van der Waals surface area contributed by atoms with Crippen molar-refractivity contribution >= 4 is 9.52 Å². The number of benzene rings is 2. The zero-order valence-electron chi connectivity index (χ0n) is 21.0. The van der Waals surface area contributed by atoms with Crippen molar-refractivity contribution in [2.75, 3.05) is 0 Å². The van der Waals surface area contributed by atoms with Crippen molar-refractivity contribution < 1.29 is 0 Å². The Hall–Kier alpha value is -1.34. The van der Waals surface area contributed by atoms with E-state index in [-0.39, 0.29) is 9.52 Å². The zero-order valence-corrected chi connectivity index (χ0v) is 22.4. The van der Waals surface area contributed by atoms with E-state index in [1.54, 1.807) is 18.4 Å². The van der Waals surface area contributed by atoms with Gasteiger partial charge in [0, 0.05) is 9.52 Å². The van der Waals surface area contributed by atoms with Gasteiger partial charge >= 0.3 is 0 Å². The standard InChI is InChI=1S/C31H46Si/c1-4-6-24-7-9-26(10-8-24)28-15-17-30(18-16-28)31-21-19-29(20-22-31)27-13-11-25(12-14-27)23(3)32-5-2/h7-10,15-18,23,25,27,29,31H,4-6,11-14,19-22,32H2,1-3H3/t23?,25-,27-,29?,31?. The Morgan fingerprint density at radius 1 is 0.719 bits per heavy atom. The highest BCUT2D eigenvalue weighted by Crippen LogP contribution is 2.45. The average molecular weight is 447 g/mol. The van der Waals surface area contributed by atoms with Gasteiger partial charge < -0.3 is 0 Å². The molecule has 4 rings (SSSR count). The van der Waals surface area contributed by atoms with Crippen molar-refractivity contribution in [3.05, 3.63) is 59.7 Å². The third-order valence-electron chi connectivity index (χ3n) is 9.01. The first-order valence-corrected chi connectivity index (χ1v) is 15.7. The van der Waals surface area contributed by atoms with Crippen LogP contribution >= 0.6 is 0 Å². The summed E-state index contributed by atoms with van der Waals surface area (Å²) in [6.07, 6.45) is 14.3. The zero-order chi connectivity index (χ0) is 22.3. The summed E-state index contributed by atoms with van der Waals surface area (Å²) in [6.45, 7) is 7.23. The maximum atomic E-state index is 2.57. The molecule has 1 unspecified atom stereocenters. The fourth-order valence-electron chi connectivity index (χ4n) is 6.90. The molecule has 32 heavy (non-hydrogen) atoms. The Morgan fingerprint density at radius 2 is 1.25 bits per heavy atom. The van der Waals surface area contributed by atoms with Gasteiger partial charge in [0.25, 0.3) is 0 Å². The van der Waals surface area contributed by atoms with E-state index in [4.69, 9.17) is 0 Å². The van der Waals surface area contributed by atoms with Gasteiger partial charge in [0.1, 0.15) is 0 Å². The smallest absolute Gasteiger partial charge is 0.0229 e. The molecule has 2 aromatic carbocycles. The highest BCUT2D eigenvalue weighted by atomic mass is 28.2. The fourth-order valence-corrected chi connectivity index (χ4v) is 8.75. The molecule has 0 saturated heterocycles. The minimum absolute atomic E-state index is 0.200. The molecule has 0 amide bonds. The van der Waals surface area contributed by atoms with Crippen molar-refractivity contribution in [3.8, 4) is 11.1 Å². The van der Waals surface area contributed by atoms with E-state index < -0.39 is 0 Å². The minimum Gasteiger partial charge on any atom is -0.0683 e. The first kappa shape index (κ1) is 23.8. The van der Waals surface area contributed by atoms with E-state index in [0.29, 0.717) is 0 Å². The molecule has 0 spiro atoms. The summed E-state index contributed by atoms with van der Waals surface area (Å²) in [7, 11) is 0.200. The third-order valence-corrected chi connectivity index (χ3v) is 11.2. The van der Waals surface area contributed by atoms with Crippen LogP contribution in [0.4, 0.5) is 0 Å². The molecule has 0 heterocycles. The maximum absolute atomic E-state index is 2.57. The van der Waals surface area contributed by atoms with E-state index in [0.717, 1.165) is 29.2 Å². The molecule has 0 N–H and O–H groups in total. The molecule has 0 aliphatic heterocycles. The van der Waals surface area contributed by atoms with Crippen molar-refractivity contribution in [1.82, 2.24) is 0 Å². The second-order valence-corrected chi connectivity index (χ2v) is 14.0. The lowest BCUT2D eigenvalue weighted by Gasteiger charge is -2.39. The molecule has 1 heteroatoms. The Labute approximate surface area is 200 Å².